The van der Waals surface area contributed by atoms with Crippen LogP contribution in [0.2, 0.25) is 0 Å². The molecule has 1 aromatic carbocycles. The summed E-state index contributed by atoms with van der Waals surface area (Å²) in [6.45, 7) is 1.76. The van der Waals surface area contributed by atoms with Crippen LogP contribution in [0.3, 0.4) is 0 Å². The Labute approximate surface area is 100 Å². The van der Waals surface area contributed by atoms with E-state index in [4.69, 9.17) is 15.7 Å². The van der Waals surface area contributed by atoms with E-state index < -0.39 is 0 Å². The van der Waals surface area contributed by atoms with Gasteiger partial charge in [-0.3, -0.25) is 4.79 Å². The van der Waals surface area contributed by atoms with E-state index in [2.05, 4.69) is 5.32 Å². The summed E-state index contributed by atoms with van der Waals surface area (Å²) < 4.78 is 5.02. The highest BCUT2D eigenvalue weighted by molar-refractivity contribution is 5.99. The molecule has 0 aliphatic heterocycles. The van der Waals surface area contributed by atoms with E-state index in [0.717, 1.165) is 0 Å². The van der Waals surface area contributed by atoms with Crippen LogP contribution in [0.1, 0.15) is 23.7 Å². The molecule has 3 N–H and O–H groups in total. The van der Waals surface area contributed by atoms with E-state index in [-0.39, 0.29) is 18.4 Å². The average molecular weight is 233 g/mol. The van der Waals surface area contributed by atoms with Crippen LogP contribution >= 0.6 is 0 Å². The Hall–Kier alpha value is -2.22. The van der Waals surface area contributed by atoms with E-state index in [1.54, 1.807) is 25.1 Å². The van der Waals surface area contributed by atoms with Crippen molar-refractivity contribution in [3.05, 3.63) is 23.8 Å². The number of nitrogen functional groups attached to an aromatic ring is 1. The molecule has 1 amide bonds. The lowest BCUT2D eigenvalue weighted by atomic mass is 10.1. The number of nitrogens with one attached hydrogen (secondary N) is 1. The van der Waals surface area contributed by atoms with Gasteiger partial charge in [-0.1, -0.05) is 0 Å². The molecule has 0 fully saturated rings. The largest absolute Gasteiger partial charge is 0.497 e. The number of ether oxygens (including phenoxy) is 1. The predicted molar refractivity (Wildman–Crippen MR) is 64.6 cm³/mol. The first-order valence-corrected chi connectivity index (χ1v) is 5.19. The molecular formula is C12H15N3O2. The van der Waals surface area contributed by atoms with Gasteiger partial charge in [-0.15, -0.1) is 0 Å². The zero-order valence-electron chi connectivity index (χ0n) is 9.86. The predicted octanol–water partition coefficient (Wildman–Crippen LogP) is 1.31. The Morgan fingerprint density at radius 2 is 2.35 bits per heavy atom. The lowest BCUT2D eigenvalue weighted by Gasteiger charge is -2.12. The maximum atomic E-state index is 11.9. The molecule has 5 nitrogen and oxygen atoms in total. The number of nitrogens with two attached hydrogens (primary N) is 1. The molecule has 0 saturated heterocycles. The van der Waals surface area contributed by atoms with Crippen molar-refractivity contribution in [3.63, 3.8) is 0 Å². The van der Waals surface area contributed by atoms with Gasteiger partial charge >= 0.3 is 0 Å². The van der Waals surface area contributed by atoms with Gasteiger partial charge in [0.15, 0.2) is 0 Å². The maximum absolute atomic E-state index is 11.9. The van der Waals surface area contributed by atoms with Gasteiger partial charge in [-0.05, 0) is 25.1 Å². The summed E-state index contributed by atoms with van der Waals surface area (Å²) in [5.74, 6) is 0.265. The first-order chi connectivity index (χ1) is 8.08. The summed E-state index contributed by atoms with van der Waals surface area (Å²) in [4.78, 5) is 11.9. The number of nitrogens with zero attached hydrogens (tertiary/aromatic N) is 1. The summed E-state index contributed by atoms with van der Waals surface area (Å²) in [6.07, 6.45) is 0.260. The fourth-order valence-electron chi connectivity index (χ4n) is 1.35. The van der Waals surface area contributed by atoms with Crippen LogP contribution in [0.5, 0.6) is 5.75 Å². The molecule has 0 saturated carbocycles. The van der Waals surface area contributed by atoms with Crippen molar-refractivity contribution in [2.45, 2.75) is 19.4 Å². The van der Waals surface area contributed by atoms with Gasteiger partial charge in [0.1, 0.15) is 5.75 Å². The second-order valence-corrected chi connectivity index (χ2v) is 3.69. The van der Waals surface area contributed by atoms with E-state index in [1.165, 1.54) is 7.11 Å². The molecule has 0 heterocycles. The summed E-state index contributed by atoms with van der Waals surface area (Å²) >= 11 is 0. The Bertz CT molecular complexity index is 452. The number of rotatable bonds is 4. The van der Waals surface area contributed by atoms with Crippen LogP contribution < -0.4 is 15.8 Å². The van der Waals surface area contributed by atoms with Crippen molar-refractivity contribution < 1.29 is 9.53 Å². The Kier molecular flexibility index (Phi) is 4.35. The molecule has 0 aromatic heterocycles. The average Bonchev–Trinajstić information content (AvgIpc) is 2.29. The van der Waals surface area contributed by atoms with Gasteiger partial charge in [0, 0.05) is 11.7 Å². The molecule has 1 unspecified atom stereocenters. The molecule has 90 valence electrons. The number of carbonyl (C=O) groups excluding carboxylic acids is 1. The molecule has 0 spiro atoms. The number of hydrogen-bond acceptors (Lipinski definition) is 4. The van der Waals surface area contributed by atoms with Crippen LogP contribution in [0.25, 0.3) is 0 Å². The number of anilines is 1. The number of hydrogen-bond donors (Lipinski definition) is 2. The van der Waals surface area contributed by atoms with Gasteiger partial charge in [0.2, 0.25) is 0 Å². The molecule has 1 atom stereocenters. The minimum absolute atomic E-state index is 0.210. The summed E-state index contributed by atoms with van der Waals surface area (Å²) in [5.41, 5.74) is 6.45. The summed E-state index contributed by atoms with van der Waals surface area (Å²) in [6, 6.07) is 6.65. The first-order valence-electron chi connectivity index (χ1n) is 5.19. The van der Waals surface area contributed by atoms with Crippen molar-refractivity contribution in [1.29, 1.82) is 5.26 Å². The highest BCUT2D eigenvalue weighted by Gasteiger charge is 2.13. The normalized spacial score (nSPS) is 11.4. The third-order valence-electron chi connectivity index (χ3n) is 2.28. The molecule has 0 radical (unpaired) electrons. The second-order valence-electron chi connectivity index (χ2n) is 3.69. The van der Waals surface area contributed by atoms with Crippen LogP contribution in [0, 0.1) is 11.3 Å². The van der Waals surface area contributed by atoms with Crippen LogP contribution in [0.15, 0.2) is 18.2 Å². The fraction of sp³-hybridized carbons (Fsp3) is 0.333. The first kappa shape index (κ1) is 12.8. The Morgan fingerprint density at radius 1 is 1.65 bits per heavy atom. The van der Waals surface area contributed by atoms with Crippen molar-refractivity contribution in [2.75, 3.05) is 12.8 Å². The summed E-state index contributed by atoms with van der Waals surface area (Å²) in [5, 5.41) is 11.2. The highest BCUT2D eigenvalue weighted by atomic mass is 16.5. The van der Waals surface area contributed by atoms with Crippen molar-refractivity contribution in [1.82, 2.24) is 5.32 Å². The van der Waals surface area contributed by atoms with Gasteiger partial charge in [0.05, 0.1) is 25.2 Å². The number of benzene rings is 1. The standard InChI is InChI=1S/C12H15N3O2/c1-8(5-6-13)15-12(16)10-7-9(17-2)3-4-11(10)14/h3-4,7-8H,5,14H2,1-2H3,(H,15,16). The molecule has 1 aromatic rings. The molecule has 17 heavy (non-hydrogen) atoms. The molecule has 0 aliphatic rings. The van der Waals surface area contributed by atoms with Gasteiger partial charge < -0.3 is 15.8 Å². The number of amides is 1. The van der Waals surface area contributed by atoms with Crippen molar-refractivity contribution >= 4 is 11.6 Å². The number of carbonyl (C=O) groups is 1. The Balaban J connectivity index is 2.85. The molecule has 5 heteroatoms. The Morgan fingerprint density at radius 3 is 2.94 bits per heavy atom. The maximum Gasteiger partial charge on any atom is 0.253 e. The monoisotopic (exact) mass is 233 g/mol. The van der Waals surface area contributed by atoms with Crippen LogP contribution in [-0.4, -0.2) is 19.1 Å². The second kappa shape index (κ2) is 5.75. The van der Waals surface area contributed by atoms with E-state index in [0.29, 0.717) is 17.0 Å². The summed E-state index contributed by atoms with van der Waals surface area (Å²) in [7, 11) is 1.52. The number of methoxy groups -OCH3 is 1. The van der Waals surface area contributed by atoms with Crippen molar-refractivity contribution in [3.8, 4) is 11.8 Å². The highest BCUT2D eigenvalue weighted by Crippen LogP contribution is 2.19. The van der Waals surface area contributed by atoms with E-state index in [1.807, 2.05) is 6.07 Å². The topological polar surface area (TPSA) is 88.1 Å². The van der Waals surface area contributed by atoms with Crippen LogP contribution in [-0.2, 0) is 0 Å². The minimum atomic E-state index is -0.302. The SMILES string of the molecule is COc1ccc(N)c(C(=O)NC(C)CC#N)c1. The third-order valence-corrected chi connectivity index (χ3v) is 2.28. The number of nitriles is 1. The smallest absolute Gasteiger partial charge is 0.253 e. The van der Waals surface area contributed by atoms with Gasteiger partial charge in [-0.2, -0.15) is 5.26 Å². The molecule has 0 bridgehead atoms. The van der Waals surface area contributed by atoms with E-state index in [9.17, 15) is 4.79 Å². The molecule has 1 rings (SSSR count). The quantitative estimate of drug-likeness (QED) is 0.767. The van der Waals surface area contributed by atoms with Gasteiger partial charge in [-0.25, -0.2) is 0 Å². The lowest BCUT2D eigenvalue weighted by molar-refractivity contribution is 0.0941. The fourth-order valence-corrected chi connectivity index (χ4v) is 1.35. The zero-order valence-corrected chi connectivity index (χ0v) is 9.86. The van der Waals surface area contributed by atoms with Gasteiger partial charge in [0.25, 0.3) is 5.91 Å². The van der Waals surface area contributed by atoms with Crippen molar-refractivity contribution in [2.24, 2.45) is 0 Å². The van der Waals surface area contributed by atoms with Crippen LogP contribution in [0.4, 0.5) is 5.69 Å². The van der Waals surface area contributed by atoms with E-state index >= 15 is 0 Å². The third kappa shape index (κ3) is 3.38. The molecule has 0 aliphatic carbocycles. The molecular weight excluding hydrogens is 218 g/mol. The minimum Gasteiger partial charge on any atom is -0.497 e. The zero-order chi connectivity index (χ0) is 12.8. The lowest BCUT2D eigenvalue weighted by Crippen LogP contribution is -2.32.